The van der Waals surface area contributed by atoms with Crippen molar-refractivity contribution in [1.82, 2.24) is 15.3 Å². The zero-order chi connectivity index (χ0) is 11.4. The third-order valence-electron chi connectivity index (χ3n) is 2.78. The first-order valence-corrected chi connectivity index (χ1v) is 7.07. The van der Waals surface area contributed by atoms with Gasteiger partial charge in [0.15, 0.2) is 9.84 Å². The van der Waals surface area contributed by atoms with Gasteiger partial charge in [-0.15, -0.1) is 0 Å². The highest BCUT2D eigenvalue weighted by Crippen LogP contribution is 2.18. The van der Waals surface area contributed by atoms with Gasteiger partial charge in [-0.05, 0) is 18.9 Å². The molecule has 5 nitrogen and oxygen atoms in total. The molecule has 0 spiro atoms. The minimum Gasteiger partial charge on any atom is -0.310 e. The molecule has 0 aromatic carbocycles. The second kappa shape index (κ2) is 4.88. The topological polar surface area (TPSA) is 72.0 Å². The van der Waals surface area contributed by atoms with Gasteiger partial charge in [-0.2, -0.15) is 0 Å². The summed E-state index contributed by atoms with van der Waals surface area (Å²) in [5, 5.41) is 2.92. The molecule has 0 saturated carbocycles. The van der Waals surface area contributed by atoms with Gasteiger partial charge in [0.2, 0.25) is 0 Å². The number of aromatic nitrogens is 2. The predicted molar refractivity (Wildman–Crippen MR) is 60.5 cm³/mol. The smallest absolute Gasteiger partial charge is 0.154 e. The summed E-state index contributed by atoms with van der Waals surface area (Å²) in [5.41, 5.74) is 0.880. The molecule has 2 heterocycles. The largest absolute Gasteiger partial charge is 0.310 e. The van der Waals surface area contributed by atoms with E-state index in [1.54, 1.807) is 6.20 Å². The summed E-state index contributed by atoms with van der Waals surface area (Å²) in [6, 6.07) is 1.82. The number of nitrogens with one attached hydrogen (secondary N) is 1. The van der Waals surface area contributed by atoms with Gasteiger partial charge < -0.3 is 5.32 Å². The highest BCUT2D eigenvalue weighted by Gasteiger charge is 2.30. The van der Waals surface area contributed by atoms with Crippen LogP contribution in [0.1, 0.15) is 18.5 Å². The Hall–Kier alpha value is -1.01. The van der Waals surface area contributed by atoms with E-state index in [0.29, 0.717) is 18.8 Å². The van der Waals surface area contributed by atoms with Crippen LogP contribution in [0.25, 0.3) is 0 Å². The first-order valence-electron chi connectivity index (χ1n) is 5.36. The van der Waals surface area contributed by atoms with Crippen LogP contribution in [-0.2, 0) is 16.4 Å². The fourth-order valence-electron chi connectivity index (χ4n) is 1.87. The van der Waals surface area contributed by atoms with Gasteiger partial charge in [-0.1, -0.05) is 0 Å². The van der Waals surface area contributed by atoms with Crippen molar-refractivity contribution in [1.29, 1.82) is 0 Å². The van der Waals surface area contributed by atoms with E-state index in [4.69, 9.17) is 0 Å². The fourth-order valence-corrected chi connectivity index (χ4v) is 3.67. The van der Waals surface area contributed by atoms with E-state index in [9.17, 15) is 8.42 Å². The van der Waals surface area contributed by atoms with E-state index < -0.39 is 9.84 Å². The third-order valence-corrected chi connectivity index (χ3v) is 5.06. The van der Waals surface area contributed by atoms with Crippen LogP contribution in [-0.4, -0.2) is 35.9 Å². The summed E-state index contributed by atoms with van der Waals surface area (Å²) < 4.78 is 23.1. The number of sulfone groups is 1. The van der Waals surface area contributed by atoms with E-state index in [1.807, 2.05) is 6.07 Å². The van der Waals surface area contributed by atoms with E-state index in [0.717, 1.165) is 18.5 Å². The Morgan fingerprint density at radius 1 is 1.50 bits per heavy atom. The molecule has 1 aromatic rings. The van der Waals surface area contributed by atoms with Crippen molar-refractivity contribution in [3.63, 3.8) is 0 Å². The van der Waals surface area contributed by atoms with Crippen LogP contribution in [0, 0.1) is 0 Å². The number of hydrogen-bond donors (Lipinski definition) is 1. The van der Waals surface area contributed by atoms with Crippen molar-refractivity contribution in [3.8, 4) is 0 Å². The molecule has 0 aliphatic carbocycles. The van der Waals surface area contributed by atoms with E-state index in [2.05, 4.69) is 15.3 Å². The normalized spacial score (nSPS) is 23.4. The molecule has 1 aliphatic heterocycles. The van der Waals surface area contributed by atoms with Crippen molar-refractivity contribution in [2.45, 2.75) is 24.6 Å². The molecule has 1 N–H and O–H groups in total. The second-order valence-electron chi connectivity index (χ2n) is 3.96. The molecule has 6 heteroatoms. The average Bonchev–Trinajstić information content (AvgIpc) is 2.60. The highest BCUT2D eigenvalue weighted by atomic mass is 32.2. The van der Waals surface area contributed by atoms with Crippen molar-refractivity contribution < 1.29 is 8.42 Å². The lowest BCUT2D eigenvalue weighted by atomic mass is 10.2. The van der Waals surface area contributed by atoms with Crippen molar-refractivity contribution in [3.05, 3.63) is 24.3 Å². The van der Waals surface area contributed by atoms with Crippen molar-refractivity contribution in [2.75, 3.05) is 12.3 Å². The Morgan fingerprint density at radius 3 is 3.00 bits per heavy atom. The highest BCUT2D eigenvalue weighted by molar-refractivity contribution is 7.92. The minimum absolute atomic E-state index is 0.214. The molecule has 1 saturated heterocycles. The first kappa shape index (κ1) is 11.5. The molecule has 1 unspecified atom stereocenters. The average molecular weight is 241 g/mol. The van der Waals surface area contributed by atoms with E-state index in [1.165, 1.54) is 6.33 Å². The molecule has 16 heavy (non-hydrogen) atoms. The van der Waals surface area contributed by atoms with Crippen molar-refractivity contribution >= 4 is 9.84 Å². The number of nitrogens with zero attached hydrogens (tertiary/aromatic N) is 2. The fraction of sp³-hybridized carbons (Fsp3) is 0.600. The third kappa shape index (κ3) is 2.76. The molecule has 1 atom stereocenters. The molecule has 0 bridgehead atoms. The second-order valence-corrected chi connectivity index (χ2v) is 6.36. The summed E-state index contributed by atoms with van der Waals surface area (Å²) in [7, 11) is -2.84. The quantitative estimate of drug-likeness (QED) is 0.812. The molecule has 1 fully saturated rings. The molecule has 2 rings (SSSR count). The van der Waals surface area contributed by atoms with Crippen LogP contribution >= 0.6 is 0 Å². The van der Waals surface area contributed by atoms with Gasteiger partial charge >= 0.3 is 0 Å². The van der Waals surface area contributed by atoms with Gasteiger partial charge in [0.25, 0.3) is 0 Å². The molecule has 0 amide bonds. The van der Waals surface area contributed by atoms with Gasteiger partial charge in [-0.25, -0.2) is 18.4 Å². The van der Waals surface area contributed by atoms with Gasteiger partial charge in [0, 0.05) is 19.3 Å². The van der Waals surface area contributed by atoms with Crippen LogP contribution in [0.15, 0.2) is 18.6 Å². The predicted octanol–water partition coefficient (Wildman–Crippen LogP) is 0.143. The zero-order valence-corrected chi connectivity index (χ0v) is 9.78. The lowest BCUT2D eigenvalue weighted by Gasteiger charge is -2.09. The molecular formula is C10H15N3O2S. The molecule has 1 aromatic heterocycles. The van der Waals surface area contributed by atoms with E-state index >= 15 is 0 Å². The number of hydrogen-bond acceptors (Lipinski definition) is 5. The van der Waals surface area contributed by atoms with Crippen molar-refractivity contribution in [2.24, 2.45) is 0 Å². The Labute approximate surface area is 95.2 Å². The Kier molecular flexibility index (Phi) is 3.50. The number of rotatable bonds is 4. The van der Waals surface area contributed by atoms with Crippen LogP contribution in [0.4, 0.5) is 0 Å². The zero-order valence-electron chi connectivity index (χ0n) is 8.96. The maximum Gasteiger partial charge on any atom is 0.154 e. The van der Waals surface area contributed by atoms with Gasteiger partial charge in [0.05, 0.1) is 16.7 Å². The minimum atomic E-state index is -2.84. The summed E-state index contributed by atoms with van der Waals surface area (Å²) >= 11 is 0. The standard InChI is InChI=1S/C10H15N3O2S/c14-16(15)5-1-2-10(16)7-12-6-9-3-4-11-8-13-9/h3-4,8,10,12H,1-2,5-7H2. The lowest BCUT2D eigenvalue weighted by Crippen LogP contribution is -2.30. The van der Waals surface area contributed by atoms with Crippen LogP contribution in [0.3, 0.4) is 0 Å². The van der Waals surface area contributed by atoms with Gasteiger partial charge in [-0.3, -0.25) is 0 Å². The maximum atomic E-state index is 11.5. The summed E-state index contributed by atoms with van der Waals surface area (Å²) in [6.45, 7) is 1.11. The molecular weight excluding hydrogens is 226 g/mol. The molecule has 1 aliphatic rings. The molecule has 88 valence electrons. The Bertz CT molecular complexity index is 433. The summed E-state index contributed by atoms with van der Waals surface area (Å²) in [5.74, 6) is 0.340. The van der Waals surface area contributed by atoms with Crippen LogP contribution in [0.5, 0.6) is 0 Å². The Morgan fingerprint density at radius 2 is 2.38 bits per heavy atom. The van der Waals surface area contributed by atoms with Crippen LogP contribution < -0.4 is 5.32 Å². The SMILES string of the molecule is O=S1(=O)CCCC1CNCc1ccncn1. The van der Waals surface area contributed by atoms with E-state index in [-0.39, 0.29) is 5.25 Å². The monoisotopic (exact) mass is 241 g/mol. The first-order chi connectivity index (χ1) is 7.68. The van der Waals surface area contributed by atoms with Crippen LogP contribution in [0.2, 0.25) is 0 Å². The molecule has 0 radical (unpaired) electrons. The lowest BCUT2D eigenvalue weighted by molar-refractivity contribution is 0.572. The maximum absolute atomic E-state index is 11.5. The van der Waals surface area contributed by atoms with Gasteiger partial charge in [0.1, 0.15) is 6.33 Å². The summed E-state index contributed by atoms with van der Waals surface area (Å²) in [6.07, 6.45) is 4.74. The Balaban J connectivity index is 1.81. The summed E-state index contributed by atoms with van der Waals surface area (Å²) in [4.78, 5) is 7.88.